The Morgan fingerprint density at radius 3 is 3.00 bits per heavy atom. The second-order valence-corrected chi connectivity index (χ2v) is 4.49. The molecule has 0 saturated heterocycles. The van der Waals surface area contributed by atoms with Crippen molar-refractivity contribution >= 4 is 11.6 Å². The van der Waals surface area contributed by atoms with Gasteiger partial charge in [0.15, 0.2) is 0 Å². The smallest absolute Gasteiger partial charge is 0.0808 e. The van der Waals surface area contributed by atoms with E-state index < -0.39 is 6.10 Å². The van der Waals surface area contributed by atoms with Gasteiger partial charge in [-0.05, 0) is 43.5 Å². The Balaban J connectivity index is 2.35. The first-order chi connectivity index (χ1) is 7.22. The SMILES string of the molecule is CNC1CCc2c(Cl)cccc2C(O)C1. The summed E-state index contributed by atoms with van der Waals surface area (Å²) < 4.78 is 0. The van der Waals surface area contributed by atoms with Gasteiger partial charge in [-0.2, -0.15) is 0 Å². The van der Waals surface area contributed by atoms with E-state index in [0.29, 0.717) is 6.04 Å². The number of aliphatic hydroxyl groups excluding tert-OH is 1. The summed E-state index contributed by atoms with van der Waals surface area (Å²) in [6.07, 6.45) is 2.35. The van der Waals surface area contributed by atoms with Crippen LogP contribution in [-0.2, 0) is 6.42 Å². The summed E-state index contributed by atoms with van der Waals surface area (Å²) >= 11 is 6.14. The molecule has 1 aliphatic carbocycles. The molecule has 0 bridgehead atoms. The lowest BCUT2D eigenvalue weighted by molar-refractivity contribution is 0.155. The molecule has 2 nitrogen and oxygen atoms in total. The summed E-state index contributed by atoms with van der Waals surface area (Å²) in [4.78, 5) is 0. The van der Waals surface area contributed by atoms with Gasteiger partial charge in [0.05, 0.1) is 6.10 Å². The number of hydrogen-bond donors (Lipinski definition) is 2. The largest absolute Gasteiger partial charge is 0.388 e. The van der Waals surface area contributed by atoms with Crippen molar-refractivity contribution in [3.05, 3.63) is 34.3 Å². The third-order valence-electron chi connectivity index (χ3n) is 3.17. The van der Waals surface area contributed by atoms with Crippen LogP contribution in [0.3, 0.4) is 0 Å². The molecule has 0 aliphatic heterocycles. The summed E-state index contributed by atoms with van der Waals surface area (Å²) in [6.45, 7) is 0. The molecule has 2 rings (SSSR count). The Hall–Kier alpha value is -0.570. The van der Waals surface area contributed by atoms with Crippen molar-refractivity contribution in [2.24, 2.45) is 0 Å². The number of rotatable bonds is 1. The lowest BCUT2D eigenvalue weighted by atomic mass is 10.0. The van der Waals surface area contributed by atoms with E-state index in [9.17, 15) is 5.11 Å². The molecule has 82 valence electrons. The molecule has 0 aromatic heterocycles. The van der Waals surface area contributed by atoms with Gasteiger partial charge in [0, 0.05) is 11.1 Å². The normalized spacial score (nSPS) is 25.8. The van der Waals surface area contributed by atoms with Gasteiger partial charge in [0.2, 0.25) is 0 Å². The Bertz CT molecular complexity index is 353. The van der Waals surface area contributed by atoms with E-state index in [0.717, 1.165) is 35.4 Å². The highest BCUT2D eigenvalue weighted by atomic mass is 35.5. The van der Waals surface area contributed by atoms with Crippen molar-refractivity contribution in [3.63, 3.8) is 0 Å². The average Bonchev–Trinajstić information content (AvgIpc) is 2.40. The topological polar surface area (TPSA) is 32.3 Å². The van der Waals surface area contributed by atoms with Crippen LogP contribution in [0.15, 0.2) is 18.2 Å². The van der Waals surface area contributed by atoms with Gasteiger partial charge < -0.3 is 10.4 Å². The van der Waals surface area contributed by atoms with E-state index >= 15 is 0 Å². The molecule has 1 aromatic rings. The number of benzene rings is 1. The third kappa shape index (κ3) is 2.17. The molecule has 0 heterocycles. The quantitative estimate of drug-likeness (QED) is 0.719. The fourth-order valence-electron chi connectivity index (χ4n) is 2.25. The van der Waals surface area contributed by atoms with Gasteiger partial charge in [-0.3, -0.25) is 0 Å². The molecular formula is C12H16ClNO. The average molecular weight is 226 g/mol. The van der Waals surface area contributed by atoms with Crippen LogP contribution in [0.1, 0.15) is 30.1 Å². The van der Waals surface area contributed by atoms with Gasteiger partial charge in [0.25, 0.3) is 0 Å². The molecule has 2 N–H and O–H groups in total. The third-order valence-corrected chi connectivity index (χ3v) is 3.53. The summed E-state index contributed by atoms with van der Waals surface area (Å²) in [5, 5.41) is 14.1. The van der Waals surface area contributed by atoms with Crippen LogP contribution in [-0.4, -0.2) is 18.2 Å². The number of hydrogen-bond acceptors (Lipinski definition) is 2. The molecule has 1 aromatic carbocycles. The van der Waals surface area contributed by atoms with E-state index in [-0.39, 0.29) is 0 Å². The van der Waals surface area contributed by atoms with Gasteiger partial charge in [-0.25, -0.2) is 0 Å². The second kappa shape index (κ2) is 4.52. The summed E-state index contributed by atoms with van der Waals surface area (Å²) in [5.41, 5.74) is 2.12. The fourth-order valence-corrected chi connectivity index (χ4v) is 2.52. The Labute approximate surface area is 95.3 Å². The summed E-state index contributed by atoms with van der Waals surface area (Å²) in [5.74, 6) is 0. The standard InChI is InChI=1S/C12H16ClNO/c1-14-8-5-6-9-10(12(15)7-8)3-2-4-11(9)13/h2-4,8,12,14-15H,5-7H2,1H3. The van der Waals surface area contributed by atoms with Crippen LogP contribution >= 0.6 is 11.6 Å². The van der Waals surface area contributed by atoms with Gasteiger partial charge in [-0.15, -0.1) is 0 Å². The van der Waals surface area contributed by atoms with E-state index in [4.69, 9.17) is 11.6 Å². The van der Waals surface area contributed by atoms with Crippen LogP contribution in [0.5, 0.6) is 0 Å². The first-order valence-corrected chi connectivity index (χ1v) is 5.72. The molecule has 0 fully saturated rings. The fraction of sp³-hybridized carbons (Fsp3) is 0.500. The Morgan fingerprint density at radius 2 is 2.27 bits per heavy atom. The molecule has 2 atom stereocenters. The first kappa shape index (κ1) is 10.9. The maximum absolute atomic E-state index is 10.1. The van der Waals surface area contributed by atoms with E-state index in [1.54, 1.807) is 0 Å². The summed E-state index contributed by atoms with van der Waals surface area (Å²) in [7, 11) is 1.94. The molecule has 15 heavy (non-hydrogen) atoms. The predicted octanol–water partition coefficient (Wildman–Crippen LogP) is 2.30. The molecule has 3 heteroatoms. The molecule has 0 spiro atoms. The molecular weight excluding hydrogens is 210 g/mol. The van der Waals surface area contributed by atoms with E-state index in [1.165, 1.54) is 0 Å². The molecule has 0 amide bonds. The minimum Gasteiger partial charge on any atom is -0.388 e. The highest BCUT2D eigenvalue weighted by molar-refractivity contribution is 6.31. The van der Waals surface area contributed by atoms with Crippen LogP contribution in [0.25, 0.3) is 0 Å². The lowest BCUT2D eigenvalue weighted by Gasteiger charge is -2.15. The minimum absolute atomic E-state index is 0.378. The summed E-state index contributed by atoms with van der Waals surface area (Å²) in [6, 6.07) is 6.16. The zero-order chi connectivity index (χ0) is 10.8. The van der Waals surface area contributed by atoms with Crippen LogP contribution in [0.4, 0.5) is 0 Å². The van der Waals surface area contributed by atoms with Crippen molar-refractivity contribution in [2.75, 3.05) is 7.05 Å². The van der Waals surface area contributed by atoms with Crippen molar-refractivity contribution in [1.29, 1.82) is 0 Å². The van der Waals surface area contributed by atoms with Gasteiger partial charge in [0.1, 0.15) is 0 Å². The highest BCUT2D eigenvalue weighted by Gasteiger charge is 2.23. The first-order valence-electron chi connectivity index (χ1n) is 5.35. The van der Waals surface area contributed by atoms with Crippen molar-refractivity contribution in [2.45, 2.75) is 31.4 Å². The maximum Gasteiger partial charge on any atom is 0.0808 e. The van der Waals surface area contributed by atoms with E-state index in [1.807, 2.05) is 25.2 Å². The number of aliphatic hydroxyl groups is 1. The zero-order valence-electron chi connectivity index (χ0n) is 8.83. The maximum atomic E-state index is 10.1. The second-order valence-electron chi connectivity index (χ2n) is 4.08. The number of halogens is 1. The zero-order valence-corrected chi connectivity index (χ0v) is 9.59. The molecule has 2 unspecified atom stereocenters. The van der Waals surface area contributed by atoms with E-state index in [2.05, 4.69) is 5.32 Å². The highest BCUT2D eigenvalue weighted by Crippen LogP contribution is 2.32. The Kier molecular flexibility index (Phi) is 3.29. The Morgan fingerprint density at radius 1 is 1.47 bits per heavy atom. The van der Waals surface area contributed by atoms with Crippen molar-refractivity contribution in [3.8, 4) is 0 Å². The van der Waals surface area contributed by atoms with Crippen LogP contribution in [0.2, 0.25) is 5.02 Å². The monoisotopic (exact) mass is 225 g/mol. The van der Waals surface area contributed by atoms with Crippen LogP contribution < -0.4 is 5.32 Å². The van der Waals surface area contributed by atoms with Gasteiger partial charge in [-0.1, -0.05) is 23.7 Å². The predicted molar refractivity (Wildman–Crippen MR) is 62.2 cm³/mol. The number of nitrogens with one attached hydrogen (secondary N) is 1. The van der Waals surface area contributed by atoms with Crippen LogP contribution in [0, 0.1) is 0 Å². The lowest BCUT2D eigenvalue weighted by Crippen LogP contribution is -2.26. The van der Waals surface area contributed by atoms with Crippen molar-refractivity contribution in [1.82, 2.24) is 5.32 Å². The molecule has 0 radical (unpaired) electrons. The van der Waals surface area contributed by atoms with Gasteiger partial charge >= 0.3 is 0 Å². The minimum atomic E-state index is -0.390. The van der Waals surface area contributed by atoms with Crippen molar-refractivity contribution < 1.29 is 5.11 Å². The molecule has 1 aliphatic rings. The molecule has 0 saturated carbocycles. The number of fused-ring (bicyclic) bond motifs is 1.